The van der Waals surface area contributed by atoms with Crippen molar-refractivity contribution >= 4 is 5.97 Å². The van der Waals surface area contributed by atoms with Gasteiger partial charge in [0.25, 0.3) is 0 Å². The number of nitrogens with zero attached hydrogens (tertiary/aromatic N) is 1. The number of hydrogen-bond donors (Lipinski definition) is 1. The lowest BCUT2D eigenvalue weighted by molar-refractivity contribution is -0.138. The predicted molar refractivity (Wildman–Crippen MR) is 83.3 cm³/mol. The van der Waals surface area contributed by atoms with E-state index in [1.807, 2.05) is 0 Å². The number of carboxylic acids is 1. The number of aliphatic carboxylic acids is 1. The third-order valence-corrected chi connectivity index (χ3v) is 3.59. The van der Waals surface area contributed by atoms with Crippen LogP contribution in [-0.4, -0.2) is 16.1 Å². The lowest BCUT2D eigenvalue weighted by Crippen LogP contribution is -2.07. The molecule has 122 valence electrons. The fourth-order valence-corrected chi connectivity index (χ4v) is 2.26. The van der Waals surface area contributed by atoms with Gasteiger partial charge in [0.05, 0.1) is 0 Å². The highest BCUT2D eigenvalue weighted by molar-refractivity contribution is 5.79. The Balaban J connectivity index is 2.18. The molecular formula is C18H13F2NO3. The van der Waals surface area contributed by atoms with E-state index in [4.69, 9.17) is 9.52 Å². The summed E-state index contributed by atoms with van der Waals surface area (Å²) in [6, 6.07) is 11.2. The maximum atomic E-state index is 13.5. The van der Waals surface area contributed by atoms with Gasteiger partial charge in [-0.1, -0.05) is 12.1 Å². The van der Waals surface area contributed by atoms with Crippen molar-refractivity contribution in [2.24, 2.45) is 0 Å². The van der Waals surface area contributed by atoms with E-state index >= 15 is 0 Å². The molecular weight excluding hydrogens is 316 g/mol. The Morgan fingerprint density at radius 3 is 2.42 bits per heavy atom. The van der Waals surface area contributed by atoms with Crippen molar-refractivity contribution in [1.82, 2.24) is 4.98 Å². The number of benzene rings is 2. The van der Waals surface area contributed by atoms with Crippen molar-refractivity contribution in [3.63, 3.8) is 0 Å². The normalized spacial score (nSPS) is 12.1. The molecule has 1 atom stereocenters. The standard InChI is InChI=1S/C18H13F2NO3/c1-10(18(22)23)17-21-15(11-5-7-13(19)8-6-11)16(24-17)12-3-2-4-14(20)9-12/h2-10H,1H3,(H,22,23). The molecule has 0 radical (unpaired) electrons. The van der Waals surface area contributed by atoms with Gasteiger partial charge in [0.15, 0.2) is 5.76 Å². The van der Waals surface area contributed by atoms with Crippen LogP contribution in [0.4, 0.5) is 8.78 Å². The molecule has 0 aliphatic rings. The Labute approximate surface area is 136 Å². The van der Waals surface area contributed by atoms with Crippen LogP contribution < -0.4 is 0 Å². The molecule has 0 spiro atoms. The van der Waals surface area contributed by atoms with Gasteiger partial charge >= 0.3 is 5.97 Å². The molecule has 6 heteroatoms. The monoisotopic (exact) mass is 329 g/mol. The summed E-state index contributed by atoms with van der Waals surface area (Å²) in [5.74, 6) is -2.68. The van der Waals surface area contributed by atoms with E-state index in [9.17, 15) is 13.6 Å². The van der Waals surface area contributed by atoms with E-state index in [0.717, 1.165) is 0 Å². The molecule has 1 unspecified atom stereocenters. The van der Waals surface area contributed by atoms with E-state index in [-0.39, 0.29) is 11.7 Å². The van der Waals surface area contributed by atoms with Crippen LogP contribution in [0.1, 0.15) is 18.7 Å². The highest BCUT2D eigenvalue weighted by Crippen LogP contribution is 2.35. The molecule has 0 fully saturated rings. The smallest absolute Gasteiger partial charge is 0.315 e. The minimum Gasteiger partial charge on any atom is -0.481 e. The predicted octanol–water partition coefficient (Wildman–Crippen LogP) is 4.47. The van der Waals surface area contributed by atoms with Gasteiger partial charge in [0.1, 0.15) is 23.2 Å². The average Bonchev–Trinajstić information content (AvgIpc) is 3.00. The zero-order valence-electron chi connectivity index (χ0n) is 12.7. The molecule has 0 aliphatic heterocycles. The molecule has 24 heavy (non-hydrogen) atoms. The van der Waals surface area contributed by atoms with E-state index < -0.39 is 23.5 Å². The number of oxazole rings is 1. The van der Waals surface area contributed by atoms with E-state index in [2.05, 4.69) is 4.98 Å². The Hall–Kier alpha value is -3.02. The largest absolute Gasteiger partial charge is 0.481 e. The lowest BCUT2D eigenvalue weighted by Gasteiger charge is -2.02. The van der Waals surface area contributed by atoms with Crippen LogP contribution in [0.25, 0.3) is 22.6 Å². The Bertz CT molecular complexity index is 888. The van der Waals surface area contributed by atoms with Gasteiger partial charge in [-0.3, -0.25) is 4.79 Å². The van der Waals surface area contributed by atoms with Crippen molar-refractivity contribution in [2.45, 2.75) is 12.8 Å². The number of halogens is 2. The first-order valence-corrected chi connectivity index (χ1v) is 7.21. The zero-order valence-corrected chi connectivity index (χ0v) is 12.7. The van der Waals surface area contributed by atoms with Crippen LogP contribution in [0, 0.1) is 11.6 Å². The molecule has 1 heterocycles. The van der Waals surface area contributed by atoms with E-state index in [1.54, 1.807) is 6.07 Å². The fraction of sp³-hybridized carbons (Fsp3) is 0.111. The molecule has 2 aromatic carbocycles. The molecule has 0 bridgehead atoms. The second-order valence-electron chi connectivity index (χ2n) is 5.31. The number of rotatable bonds is 4. The summed E-state index contributed by atoms with van der Waals surface area (Å²) in [6.45, 7) is 1.44. The summed E-state index contributed by atoms with van der Waals surface area (Å²) in [5.41, 5.74) is 1.30. The van der Waals surface area contributed by atoms with Gasteiger partial charge in [-0.15, -0.1) is 0 Å². The molecule has 0 saturated heterocycles. The number of carbonyl (C=O) groups is 1. The summed E-state index contributed by atoms with van der Waals surface area (Å²) < 4.78 is 32.3. The zero-order chi connectivity index (χ0) is 17.3. The molecule has 1 N–H and O–H groups in total. The molecule has 0 aliphatic carbocycles. The molecule has 4 nitrogen and oxygen atoms in total. The van der Waals surface area contributed by atoms with Gasteiger partial charge in [0, 0.05) is 11.1 Å². The van der Waals surface area contributed by atoms with Gasteiger partial charge in [0.2, 0.25) is 5.89 Å². The highest BCUT2D eigenvalue weighted by Gasteiger charge is 2.24. The second-order valence-corrected chi connectivity index (χ2v) is 5.31. The van der Waals surface area contributed by atoms with Crippen molar-refractivity contribution in [1.29, 1.82) is 0 Å². The topological polar surface area (TPSA) is 63.3 Å². The first-order chi connectivity index (χ1) is 11.5. The summed E-state index contributed by atoms with van der Waals surface area (Å²) in [4.78, 5) is 15.4. The van der Waals surface area contributed by atoms with Crippen LogP contribution in [0.2, 0.25) is 0 Å². The van der Waals surface area contributed by atoms with Crippen LogP contribution in [0.3, 0.4) is 0 Å². The quantitative estimate of drug-likeness (QED) is 0.767. The summed E-state index contributed by atoms with van der Waals surface area (Å²) in [7, 11) is 0. The second kappa shape index (κ2) is 6.23. The SMILES string of the molecule is CC(C(=O)O)c1nc(-c2ccc(F)cc2)c(-c2cccc(F)c2)o1. The van der Waals surface area contributed by atoms with Gasteiger partial charge < -0.3 is 9.52 Å². The maximum Gasteiger partial charge on any atom is 0.315 e. The van der Waals surface area contributed by atoms with Crippen LogP contribution >= 0.6 is 0 Å². The van der Waals surface area contributed by atoms with Crippen molar-refractivity contribution in [3.05, 3.63) is 66.1 Å². The lowest BCUT2D eigenvalue weighted by atomic mass is 10.1. The molecule has 3 aromatic rings. The van der Waals surface area contributed by atoms with Gasteiger partial charge in [-0.25, -0.2) is 13.8 Å². The summed E-state index contributed by atoms with van der Waals surface area (Å²) in [6.07, 6.45) is 0. The number of aromatic nitrogens is 1. The molecule has 3 rings (SSSR count). The number of hydrogen-bond acceptors (Lipinski definition) is 3. The van der Waals surface area contributed by atoms with Crippen molar-refractivity contribution in [3.8, 4) is 22.6 Å². The Kier molecular flexibility index (Phi) is 4.12. The van der Waals surface area contributed by atoms with Crippen molar-refractivity contribution < 1.29 is 23.1 Å². The van der Waals surface area contributed by atoms with Crippen molar-refractivity contribution in [2.75, 3.05) is 0 Å². The molecule has 1 aromatic heterocycles. The molecule has 0 amide bonds. The third kappa shape index (κ3) is 3.03. The Morgan fingerprint density at radius 1 is 1.08 bits per heavy atom. The summed E-state index contributed by atoms with van der Waals surface area (Å²) >= 11 is 0. The molecule has 0 saturated carbocycles. The van der Waals surface area contributed by atoms with Gasteiger partial charge in [-0.05, 0) is 43.3 Å². The highest BCUT2D eigenvalue weighted by atomic mass is 19.1. The summed E-state index contributed by atoms with van der Waals surface area (Å²) in [5, 5.41) is 9.15. The van der Waals surface area contributed by atoms with Gasteiger partial charge in [-0.2, -0.15) is 0 Å². The van der Waals surface area contributed by atoms with Crippen LogP contribution in [0.15, 0.2) is 52.9 Å². The van der Waals surface area contributed by atoms with E-state index in [1.165, 1.54) is 49.4 Å². The van der Waals surface area contributed by atoms with E-state index in [0.29, 0.717) is 16.8 Å². The Morgan fingerprint density at radius 2 is 1.79 bits per heavy atom. The maximum absolute atomic E-state index is 13.5. The van der Waals surface area contributed by atoms with Crippen LogP contribution in [0.5, 0.6) is 0 Å². The minimum atomic E-state index is -1.09. The first-order valence-electron chi connectivity index (χ1n) is 7.21. The third-order valence-electron chi connectivity index (χ3n) is 3.59. The number of carboxylic acid groups (broad SMARTS) is 1. The average molecular weight is 329 g/mol. The first kappa shape index (κ1) is 15.9. The fourth-order valence-electron chi connectivity index (χ4n) is 2.26. The minimum absolute atomic E-state index is 0.00101. The van der Waals surface area contributed by atoms with Crippen LogP contribution in [-0.2, 0) is 4.79 Å².